The van der Waals surface area contributed by atoms with Crippen molar-refractivity contribution in [2.45, 2.75) is 19.1 Å². The van der Waals surface area contributed by atoms with E-state index < -0.39 is 36.6 Å². The summed E-state index contributed by atoms with van der Waals surface area (Å²) < 4.78 is 25.0. The molecule has 2 atom stereocenters. The fourth-order valence-electron chi connectivity index (χ4n) is 4.59. The van der Waals surface area contributed by atoms with E-state index in [0.29, 0.717) is 11.3 Å². The molecule has 1 heterocycles. The molecule has 0 radical (unpaired) electrons. The summed E-state index contributed by atoms with van der Waals surface area (Å²) in [4.78, 5) is 52.0. The highest BCUT2D eigenvalue weighted by Gasteiger charge is 2.38. The highest BCUT2D eigenvalue weighted by molar-refractivity contribution is 7.44. The molecule has 0 aromatic heterocycles. The van der Waals surface area contributed by atoms with E-state index >= 15 is 0 Å². The summed E-state index contributed by atoms with van der Waals surface area (Å²) in [5.74, 6) is -3.79. The Labute approximate surface area is 244 Å². The molecule has 1 fully saturated rings. The first kappa shape index (κ1) is 34.9. The minimum absolute atomic E-state index is 0.0941. The van der Waals surface area contributed by atoms with Crippen molar-refractivity contribution in [2.75, 3.05) is 85.7 Å². The molecule has 2 unspecified atom stereocenters. The average molecular weight is 617 g/mol. The Hall–Kier alpha value is -3.27. The topological polar surface area (TPSA) is 204 Å². The first-order valence-corrected chi connectivity index (χ1v) is 14.9. The van der Waals surface area contributed by atoms with Gasteiger partial charge in [-0.05, 0) is 13.0 Å². The summed E-state index contributed by atoms with van der Waals surface area (Å²) in [5, 5.41) is 39.5. The van der Waals surface area contributed by atoms with Gasteiger partial charge < -0.3 is 24.8 Å². The summed E-state index contributed by atoms with van der Waals surface area (Å²) in [6.45, 7) is 2.89. The number of nitrogens with zero attached hydrogens (tertiary/aromatic N) is 5. The maximum Gasteiger partial charge on any atom is 0.392 e. The predicted molar refractivity (Wildman–Crippen MR) is 150 cm³/mol. The molecule has 42 heavy (non-hydrogen) atoms. The molecule has 0 spiro atoms. The van der Waals surface area contributed by atoms with E-state index in [4.69, 9.17) is 9.47 Å². The van der Waals surface area contributed by atoms with Crippen LogP contribution in [0.2, 0.25) is 0 Å². The van der Waals surface area contributed by atoms with Crippen LogP contribution < -0.4 is 4.74 Å². The van der Waals surface area contributed by atoms with E-state index in [2.05, 4.69) is 0 Å². The summed E-state index contributed by atoms with van der Waals surface area (Å²) in [7, 11) is -0.819. The van der Waals surface area contributed by atoms with Gasteiger partial charge in [-0.3, -0.25) is 39.2 Å². The molecule has 0 aliphatic carbocycles. The second kappa shape index (κ2) is 17.6. The standard InChI is InChI=1S/C25H38N5O11P/c1-3-41-25(42(39)18-19-14-20(30(37)38)4-5-21(19)40-2)29-12-10-27(16-23(33)34)8-6-26(15-22(31)32)7-9-28(11-13-29)17-24(35)36/h4-5,14,25H,3,6-13,15-18H2,1-2H3,(H2-,31,32,33,34,35,36)/p+1. The van der Waals surface area contributed by atoms with Gasteiger partial charge in [0.05, 0.1) is 38.3 Å². The van der Waals surface area contributed by atoms with Crippen LogP contribution in [0.25, 0.3) is 0 Å². The Kier molecular flexibility index (Phi) is 14.7. The SMILES string of the molecule is CCOC(N1CCN(CC(=O)O)CCN(CC(=O)O)CCN(CC(=O)O)CC1)[P+](=O)Cc1cc([N+](=O)[O-])ccc1OC. The van der Waals surface area contributed by atoms with E-state index in [1.807, 2.05) is 0 Å². The number of nitro benzene ring substituents is 1. The third kappa shape index (κ3) is 11.9. The van der Waals surface area contributed by atoms with Gasteiger partial charge in [0.1, 0.15) is 5.75 Å². The van der Waals surface area contributed by atoms with Gasteiger partial charge in [-0.2, -0.15) is 0 Å². The molecule has 0 amide bonds. The van der Waals surface area contributed by atoms with Crippen LogP contribution in [0, 0.1) is 10.1 Å². The van der Waals surface area contributed by atoms with Crippen LogP contribution in [-0.2, 0) is 29.8 Å². The van der Waals surface area contributed by atoms with Crippen LogP contribution >= 0.6 is 7.80 Å². The van der Waals surface area contributed by atoms with Crippen molar-refractivity contribution in [3.05, 3.63) is 33.9 Å². The largest absolute Gasteiger partial charge is 0.496 e. The number of rotatable bonds is 14. The summed E-state index contributed by atoms with van der Waals surface area (Å²) in [5.41, 5.74) is 0.185. The number of ether oxygens (including phenoxy) is 2. The number of benzene rings is 1. The van der Waals surface area contributed by atoms with E-state index in [1.165, 1.54) is 25.3 Å². The van der Waals surface area contributed by atoms with Gasteiger partial charge in [-0.25, -0.2) is 4.90 Å². The lowest BCUT2D eigenvalue weighted by molar-refractivity contribution is -0.384. The molecule has 0 saturated carbocycles. The van der Waals surface area contributed by atoms with Gasteiger partial charge in [0, 0.05) is 70.1 Å². The van der Waals surface area contributed by atoms with Crippen molar-refractivity contribution in [3.63, 3.8) is 0 Å². The number of non-ortho nitro benzene ring substituents is 1. The number of methoxy groups -OCH3 is 1. The Bertz CT molecular complexity index is 1080. The number of hydrogen-bond donors (Lipinski definition) is 3. The fourth-order valence-corrected chi connectivity index (χ4v) is 6.24. The maximum absolute atomic E-state index is 13.8. The Morgan fingerprint density at radius 1 is 0.905 bits per heavy atom. The zero-order chi connectivity index (χ0) is 31.2. The molecule has 2 rings (SSSR count). The fraction of sp³-hybridized carbons (Fsp3) is 0.640. The second-order valence-electron chi connectivity index (χ2n) is 9.66. The molecule has 1 aromatic carbocycles. The highest BCUT2D eigenvalue weighted by atomic mass is 31.1. The maximum atomic E-state index is 13.8. The minimum atomic E-state index is -2.22. The van der Waals surface area contributed by atoms with Crippen LogP contribution in [0.15, 0.2) is 18.2 Å². The number of aliphatic carboxylic acids is 3. The van der Waals surface area contributed by atoms with Gasteiger partial charge >= 0.3 is 31.7 Å². The molecule has 3 N–H and O–H groups in total. The smallest absolute Gasteiger partial charge is 0.392 e. The second-order valence-corrected chi connectivity index (χ2v) is 11.2. The number of hydrogen-bond acceptors (Lipinski definition) is 12. The number of carbonyl (C=O) groups is 3. The molecule has 1 aliphatic heterocycles. The molecule has 0 bridgehead atoms. The molecule has 1 aliphatic rings. The lowest BCUT2D eigenvalue weighted by atomic mass is 10.2. The van der Waals surface area contributed by atoms with Crippen LogP contribution in [0.5, 0.6) is 5.75 Å². The summed E-state index contributed by atoms with van der Waals surface area (Å²) in [6.07, 6.45) is -0.0941. The lowest BCUT2D eigenvalue weighted by Gasteiger charge is -2.33. The van der Waals surface area contributed by atoms with Gasteiger partial charge in [-0.1, -0.05) is 4.57 Å². The molecule has 16 nitrogen and oxygen atoms in total. The van der Waals surface area contributed by atoms with Crippen LogP contribution in [0.1, 0.15) is 12.5 Å². The van der Waals surface area contributed by atoms with Crippen LogP contribution in [0.3, 0.4) is 0 Å². The number of carboxylic acids is 3. The first-order valence-electron chi connectivity index (χ1n) is 13.4. The molecule has 17 heteroatoms. The van der Waals surface area contributed by atoms with E-state index in [-0.39, 0.29) is 90.4 Å². The molecule has 234 valence electrons. The van der Waals surface area contributed by atoms with Crippen molar-refractivity contribution in [1.29, 1.82) is 0 Å². The van der Waals surface area contributed by atoms with Crippen molar-refractivity contribution < 1.29 is 48.7 Å². The molecule has 1 saturated heterocycles. The normalized spacial score (nSPS) is 17.9. The van der Waals surface area contributed by atoms with Gasteiger partial charge in [0.25, 0.3) is 5.69 Å². The van der Waals surface area contributed by atoms with E-state index in [9.17, 15) is 44.4 Å². The number of nitro groups is 1. The average Bonchev–Trinajstić information content (AvgIpc) is 2.91. The molecular formula is C25H39N5O11P+. The predicted octanol–water partition coefficient (Wildman–Crippen LogP) is 0.726. The third-order valence-corrected chi connectivity index (χ3v) is 8.24. The quantitative estimate of drug-likeness (QED) is 0.150. The monoisotopic (exact) mass is 616 g/mol. The van der Waals surface area contributed by atoms with Crippen molar-refractivity contribution in [1.82, 2.24) is 19.6 Å². The minimum Gasteiger partial charge on any atom is -0.496 e. The van der Waals surface area contributed by atoms with E-state index in [0.717, 1.165) is 0 Å². The highest BCUT2D eigenvalue weighted by Crippen LogP contribution is 2.39. The van der Waals surface area contributed by atoms with Gasteiger partial charge in [0.2, 0.25) is 0 Å². The Morgan fingerprint density at radius 2 is 1.36 bits per heavy atom. The lowest BCUT2D eigenvalue weighted by Crippen LogP contribution is -2.50. The number of carboxylic acid groups (broad SMARTS) is 3. The van der Waals surface area contributed by atoms with Crippen LogP contribution in [-0.4, -0.2) is 149 Å². The summed E-state index contributed by atoms with van der Waals surface area (Å²) >= 11 is 0. The van der Waals surface area contributed by atoms with Gasteiger partial charge in [-0.15, -0.1) is 0 Å². The van der Waals surface area contributed by atoms with Crippen LogP contribution in [0.4, 0.5) is 5.69 Å². The third-order valence-electron chi connectivity index (χ3n) is 6.62. The zero-order valence-electron chi connectivity index (χ0n) is 23.8. The first-order chi connectivity index (χ1) is 19.9. The van der Waals surface area contributed by atoms with Crippen molar-refractivity contribution >= 4 is 31.4 Å². The van der Waals surface area contributed by atoms with Crippen molar-refractivity contribution in [2.24, 2.45) is 0 Å². The van der Waals surface area contributed by atoms with Crippen molar-refractivity contribution in [3.8, 4) is 5.75 Å². The molecular weight excluding hydrogens is 577 g/mol. The Morgan fingerprint density at radius 3 is 1.74 bits per heavy atom. The molecule has 1 aromatic rings. The van der Waals surface area contributed by atoms with E-state index in [1.54, 1.807) is 26.5 Å². The summed E-state index contributed by atoms with van der Waals surface area (Å²) in [6, 6.07) is 4.03. The van der Waals surface area contributed by atoms with Gasteiger partial charge in [0.15, 0.2) is 6.16 Å². The zero-order valence-corrected chi connectivity index (χ0v) is 24.7. The Balaban J connectivity index is 2.37.